The molecule has 2 rings (SSSR count). The molecule has 7 nitrogen and oxygen atoms in total. The molecule has 0 aliphatic carbocycles. The highest BCUT2D eigenvalue weighted by atomic mass is 32.2. The van der Waals surface area contributed by atoms with Crippen molar-refractivity contribution in [2.75, 3.05) is 23.7 Å². The second-order valence-corrected chi connectivity index (χ2v) is 8.45. The Morgan fingerprint density at radius 3 is 2.69 bits per heavy atom. The summed E-state index contributed by atoms with van der Waals surface area (Å²) in [6.07, 6.45) is 4.70. The SMILES string of the molecule is CCCCCNC(=O)COC(=O)c1ccc2c(c1)CC(C)N2S(C)(=O)=O. The van der Waals surface area contributed by atoms with Gasteiger partial charge in [-0.1, -0.05) is 19.8 Å². The molecule has 1 aromatic rings. The molecule has 26 heavy (non-hydrogen) atoms. The molecule has 144 valence electrons. The standard InChI is InChI=1S/C18H26N2O5S/c1-4-5-6-9-19-17(21)12-25-18(22)14-7-8-16-15(11-14)10-13(2)20(16)26(3,23)24/h7-8,11,13H,4-6,9-10,12H2,1-3H3,(H,19,21). The van der Waals surface area contributed by atoms with Crippen molar-refractivity contribution < 1.29 is 22.7 Å². The molecule has 8 heteroatoms. The van der Waals surface area contributed by atoms with E-state index in [1.165, 1.54) is 16.6 Å². The summed E-state index contributed by atoms with van der Waals surface area (Å²) in [5.41, 5.74) is 1.68. The molecule has 0 saturated carbocycles. The Morgan fingerprint density at radius 1 is 1.31 bits per heavy atom. The van der Waals surface area contributed by atoms with Crippen molar-refractivity contribution in [2.24, 2.45) is 0 Å². The molecule has 0 bridgehead atoms. The molecule has 1 aromatic carbocycles. The van der Waals surface area contributed by atoms with Crippen molar-refractivity contribution in [2.45, 2.75) is 45.6 Å². The fourth-order valence-corrected chi connectivity index (χ4v) is 4.37. The number of sulfonamides is 1. The monoisotopic (exact) mass is 382 g/mol. The van der Waals surface area contributed by atoms with Crippen molar-refractivity contribution in [3.05, 3.63) is 29.3 Å². The van der Waals surface area contributed by atoms with E-state index in [1.807, 2.05) is 6.92 Å². The lowest BCUT2D eigenvalue weighted by molar-refractivity contribution is -0.124. The maximum atomic E-state index is 12.2. The minimum absolute atomic E-state index is 0.194. The van der Waals surface area contributed by atoms with Gasteiger partial charge in [-0.3, -0.25) is 9.10 Å². The minimum Gasteiger partial charge on any atom is -0.452 e. The lowest BCUT2D eigenvalue weighted by Crippen LogP contribution is -2.34. The maximum absolute atomic E-state index is 12.2. The lowest BCUT2D eigenvalue weighted by Gasteiger charge is -2.21. The quantitative estimate of drug-likeness (QED) is 0.547. The van der Waals surface area contributed by atoms with Crippen molar-refractivity contribution in [1.82, 2.24) is 5.32 Å². The van der Waals surface area contributed by atoms with Crippen LogP contribution in [-0.2, 0) is 26.0 Å². The van der Waals surface area contributed by atoms with E-state index in [0.29, 0.717) is 24.2 Å². The summed E-state index contributed by atoms with van der Waals surface area (Å²) in [4.78, 5) is 23.8. The van der Waals surface area contributed by atoms with Crippen LogP contribution >= 0.6 is 0 Å². The number of rotatable bonds is 8. The third-order valence-corrected chi connectivity index (χ3v) is 5.53. The highest BCUT2D eigenvalue weighted by Crippen LogP contribution is 2.34. The van der Waals surface area contributed by atoms with Gasteiger partial charge in [-0.25, -0.2) is 13.2 Å². The van der Waals surface area contributed by atoms with Crippen molar-refractivity contribution in [1.29, 1.82) is 0 Å². The largest absolute Gasteiger partial charge is 0.452 e. The Hall–Kier alpha value is -2.09. The number of hydrogen-bond donors (Lipinski definition) is 1. The van der Waals surface area contributed by atoms with E-state index in [4.69, 9.17) is 4.74 Å². The summed E-state index contributed by atoms with van der Waals surface area (Å²) in [5.74, 6) is -0.922. The Bertz CT molecular complexity index is 776. The highest BCUT2D eigenvalue weighted by Gasteiger charge is 2.32. The molecule has 1 heterocycles. The van der Waals surface area contributed by atoms with Crippen LogP contribution in [0.3, 0.4) is 0 Å². The van der Waals surface area contributed by atoms with Gasteiger partial charge in [-0.15, -0.1) is 0 Å². The van der Waals surface area contributed by atoms with E-state index < -0.39 is 16.0 Å². The zero-order chi connectivity index (χ0) is 19.3. The Kier molecular flexibility index (Phi) is 6.63. The van der Waals surface area contributed by atoms with Gasteiger partial charge in [0, 0.05) is 12.6 Å². The number of fused-ring (bicyclic) bond motifs is 1. The average molecular weight is 382 g/mol. The Balaban J connectivity index is 1.96. The number of hydrogen-bond acceptors (Lipinski definition) is 5. The molecular weight excluding hydrogens is 356 g/mol. The lowest BCUT2D eigenvalue weighted by atomic mass is 10.1. The third-order valence-electron chi connectivity index (χ3n) is 4.26. The summed E-state index contributed by atoms with van der Waals surface area (Å²) in [5, 5.41) is 2.70. The van der Waals surface area contributed by atoms with E-state index in [1.54, 1.807) is 12.1 Å². The second kappa shape index (κ2) is 8.53. The van der Waals surface area contributed by atoms with Gasteiger partial charge >= 0.3 is 5.97 Å². The van der Waals surface area contributed by atoms with E-state index in [2.05, 4.69) is 12.2 Å². The van der Waals surface area contributed by atoms with E-state index >= 15 is 0 Å². The first-order valence-corrected chi connectivity index (χ1v) is 10.6. The molecule has 0 radical (unpaired) electrons. The average Bonchev–Trinajstić information content (AvgIpc) is 2.91. The summed E-state index contributed by atoms with van der Waals surface area (Å²) in [7, 11) is -3.37. The fourth-order valence-electron chi connectivity index (χ4n) is 3.10. The van der Waals surface area contributed by atoms with Gasteiger partial charge in [-0.05, 0) is 43.5 Å². The number of ether oxygens (including phenoxy) is 1. The molecule has 0 saturated heterocycles. The first-order chi connectivity index (χ1) is 12.2. The minimum atomic E-state index is -3.37. The Labute approximate surface area is 154 Å². The number of unbranched alkanes of at least 4 members (excludes halogenated alkanes) is 2. The molecule has 0 fully saturated rings. The third kappa shape index (κ3) is 4.97. The number of esters is 1. The zero-order valence-corrected chi connectivity index (χ0v) is 16.3. The molecule has 1 atom stereocenters. The van der Waals surface area contributed by atoms with Crippen LogP contribution in [0.2, 0.25) is 0 Å². The highest BCUT2D eigenvalue weighted by molar-refractivity contribution is 7.92. The number of amides is 1. The molecule has 1 amide bonds. The molecule has 1 N–H and O–H groups in total. The smallest absolute Gasteiger partial charge is 0.338 e. The summed E-state index contributed by atoms with van der Waals surface area (Å²) in [6, 6.07) is 4.58. The van der Waals surface area contributed by atoms with Crippen LogP contribution in [-0.4, -0.2) is 45.7 Å². The van der Waals surface area contributed by atoms with Crippen molar-refractivity contribution >= 4 is 27.6 Å². The van der Waals surface area contributed by atoms with Gasteiger partial charge < -0.3 is 10.1 Å². The van der Waals surface area contributed by atoms with Crippen LogP contribution < -0.4 is 9.62 Å². The first-order valence-electron chi connectivity index (χ1n) is 8.80. The number of carbonyl (C=O) groups is 2. The molecule has 0 aromatic heterocycles. The summed E-state index contributed by atoms with van der Waals surface area (Å²) < 4.78 is 30.2. The van der Waals surface area contributed by atoms with Crippen LogP contribution in [0.5, 0.6) is 0 Å². The van der Waals surface area contributed by atoms with Gasteiger partial charge in [0.15, 0.2) is 6.61 Å². The van der Waals surface area contributed by atoms with Gasteiger partial charge in [0.2, 0.25) is 10.0 Å². The molecule has 1 aliphatic rings. The van der Waals surface area contributed by atoms with Crippen LogP contribution in [0.1, 0.15) is 49.0 Å². The zero-order valence-electron chi connectivity index (χ0n) is 15.4. The van der Waals surface area contributed by atoms with E-state index in [0.717, 1.165) is 24.8 Å². The second-order valence-electron chi connectivity index (χ2n) is 6.59. The van der Waals surface area contributed by atoms with Gasteiger partial charge in [0.05, 0.1) is 17.5 Å². The van der Waals surface area contributed by atoms with Crippen LogP contribution in [0.15, 0.2) is 18.2 Å². The number of nitrogens with one attached hydrogen (secondary N) is 1. The molecule has 0 spiro atoms. The number of anilines is 1. The van der Waals surface area contributed by atoms with Gasteiger partial charge in [-0.2, -0.15) is 0 Å². The molecule has 1 unspecified atom stereocenters. The fraction of sp³-hybridized carbons (Fsp3) is 0.556. The van der Waals surface area contributed by atoms with Crippen LogP contribution in [0.25, 0.3) is 0 Å². The van der Waals surface area contributed by atoms with E-state index in [9.17, 15) is 18.0 Å². The van der Waals surface area contributed by atoms with Crippen molar-refractivity contribution in [3.8, 4) is 0 Å². The Morgan fingerprint density at radius 2 is 2.04 bits per heavy atom. The predicted molar refractivity (Wildman–Crippen MR) is 99.7 cm³/mol. The topological polar surface area (TPSA) is 92.8 Å². The predicted octanol–water partition coefficient (Wildman–Crippen LogP) is 1.86. The summed E-state index contributed by atoms with van der Waals surface area (Å²) in [6.45, 7) is 4.15. The maximum Gasteiger partial charge on any atom is 0.338 e. The van der Waals surface area contributed by atoms with Gasteiger partial charge in [0.25, 0.3) is 5.91 Å². The van der Waals surface area contributed by atoms with Gasteiger partial charge in [0.1, 0.15) is 0 Å². The van der Waals surface area contributed by atoms with Crippen LogP contribution in [0, 0.1) is 0 Å². The molecular formula is C18H26N2O5S. The number of nitrogens with zero attached hydrogens (tertiary/aromatic N) is 1. The summed E-state index contributed by atoms with van der Waals surface area (Å²) >= 11 is 0. The number of benzene rings is 1. The normalized spacial score (nSPS) is 16.3. The number of carbonyl (C=O) groups excluding carboxylic acids is 2. The van der Waals surface area contributed by atoms with E-state index in [-0.39, 0.29) is 18.6 Å². The van der Waals surface area contributed by atoms with Crippen molar-refractivity contribution in [3.63, 3.8) is 0 Å². The van der Waals surface area contributed by atoms with Crippen LogP contribution in [0.4, 0.5) is 5.69 Å². The first kappa shape index (κ1) is 20.2. The molecule has 1 aliphatic heterocycles.